The average molecular weight is 226 g/mol. The first-order chi connectivity index (χ1) is 7.13. The molecule has 1 rings (SSSR count). The van der Waals surface area contributed by atoms with Crippen LogP contribution in [0.25, 0.3) is 0 Å². The smallest absolute Gasteiger partial charge is 0.245 e. The second-order valence-corrected chi connectivity index (χ2v) is 3.31. The maximum atomic E-state index is 10.9. The molecule has 0 aromatic heterocycles. The van der Waals surface area contributed by atoms with Crippen molar-refractivity contribution in [3.8, 4) is 0 Å². The van der Waals surface area contributed by atoms with Crippen LogP contribution in [0, 0.1) is 0 Å². The number of nitrogens with zero attached hydrogens (tertiary/aromatic N) is 1. The molecule has 0 heterocycles. The highest BCUT2D eigenvalue weighted by molar-refractivity contribution is 6.30. The Bertz CT molecular complexity index is 371. The van der Waals surface area contributed by atoms with Gasteiger partial charge in [0, 0.05) is 17.5 Å². The van der Waals surface area contributed by atoms with Crippen molar-refractivity contribution in [3.63, 3.8) is 0 Å². The lowest BCUT2D eigenvalue weighted by molar-refractivity contribution is -0.115. The fourth-order valence-electron chi connectivity index (χ4n) is 1.05. The molecule has 0 aliphatic carbocycles. The molecule has 0 unspecified atom stereocenters. The lowest BCUT2D eigenvalue weighted by atomic mass is 10.2. The minimum atomic E-state index is -0.284. The van der Waals surface area contributed by atoms with Crippen LogP contribution in [0.15, 0.2) is 29.3 Å². The first kappa shape index (κ1) is 11.7. The standard InChI is InChI=1S/C11H12ClNO2/c1-3-15-11(13-8(2)14)9-4-6-10(12)7-5-9/h4-7H,3H2,1-2H3. The SMILES string of the molecule is CCOC(=NC(C)=O)c1ccc(Cl)cc1. The minimum absolute atomic E-state index is 0.284. The van der Waals surface area contributed by atoms with Gasteiger partial charge in [-0.25, -0.2) is 0 Å². The number of ether oxygens (including phenoxy) is 1. The van der Waals surface area contributed by atoms with E-state index in [0.717, 1.165) is 5.56 Å². The van der Waals surface area contributed by atoms with Gasteiger partial charge in [0.15, 0.2) is 0 Å². The Hall–Kier alpha value is -1.35. The van der Waals surface area contributed by atoms with Gasteiger partial charge in [0.1, 0.15) is 0 Å². The number of hydrogen-bond donors (Lipinski definition) is 0. The molecular weight excluding hydrogens is 214 g/mol. The van der Waals surface area contributed by atoms with Crippen molar-refractivity contribution < 1.29 is 9.53 Å². The fourth-order valence-corrected chi connectivity index (χ4v) is 1.18. The molecule has 0 atom stereocenters. The summed E-state index contributed by atoms with van der Waals surface area (Å²) in [5, 5.41) is 0.637. The van der Waals surface area contributed by atoms with Crippen LogP contribution in [0.2, 0.25) is 5.02 Å². The van der Waals surface area contributed by atoms with Gasteiger partial charge in [0.25, 0.3) is 0 Å². The van der Waals surface area contributed by atoms with Crippen molar-refractivity contribution in [2.45, 2.75) is 13.8 Å². The van der Waals surface area contributed by atoms with Gasteiger partial charge in [0.2, 0.25) is 11.8 Å². The van der Waals surface area contributed by atoms with E-state index in [0.29, 0.717) is 17.5 Å². The van der Waals surface area contributed by atoms with Crippen LogP contribution < -0.4 is 0 Å². The highest BCUT2D eigenvalue weighted by Crippen LogP contribution is 2.11. The van der Waals surface area contributed by atoms with Crippen LogP contribution in [0.1, 0.15) is 19.4 Å². The summed E-state index contributed by atoms with van der Waals surface area (Å²) in [5.41, 5.74) is 0.747. The van der Waals surface area contributed by atoms with E-state index in [1.807, 2.05) is 6.92 Å². The summed E-state index contributed by atoms with van der Waals surface area (Å²) < 4.78 is 5.26. The van der Waals surface area contributed by atoms with Crippen LogP contribution in [0.3, 0.4) is 0 Å². The number of aliphatic imine (C=N–C) groups is 1. The van der Waals surface area contributed by atoms with E-state index in [4.69, 9.17) is 16.3 Å². The van der Waals surface area contributed by atoms with E-state index in [1.165, 1.54) is 6.92 Å². The van der Waals surface area contributed by atoms with Crippen LogP contribution in [-0.4, -0.2) is 18.4 Å². The van der Waals surface area contributed by atoms with E-state index in [9.17, 15) is 4.79 Å². The molecule has 1 aromatic rings. The molecule has 0 radical (unpaired) electrons. The van der Waals surface area contributed by atoms with Gasteiger partial charge in [0.05, 0.1) is 6.61 Å². The maximum Gasteiger partial charge on any atom is 0.245 e. The third kappa shape index (κ3) is 3.72. The van der Waals surface area contributed by atoms with Gasteiger partial charge in [-0.05, 0) is 31.2 Å². The number of halogens is 1. The van der Waals surface area contributed by atoms with Crippen LogP contribution in [0.4, 0.5) is 0 Å². The third-order valence-electron chi connectivity index (χ3n) is 1.63. The second-order valence-electron chi connectivity index (χ2n) is 2.88. The lowest BCUT2D eigenvalue weighted by Gasteiger charge is -2.06. The monoisotopic (exact) mass is 225 g/mol. The van der Waals surface area contributed by atoms with E-state index in [-0.39, 0.29) is 5.91 Å². The third-order valence-corrected chi connectivity index (χ3v) is 1.88. The molecule has 0 aliphatic heterocycles. The van der Waals surface area contributed by atoms with Crippen molar-refractivity contribution in [2.24, 2.45) is 4.99 Å². The summed E-state index contributed by atoms with van der Waals surface area (Å²) in [6.45, 7) is 3.69. The van der Waals surface area contributed by atoms with Gasteiger partial charge in [-0.1, -0.05) is 11.6 Å². The number of carbonyl (C=O) groups excluding carboxylic acids is 1. The van der Waals surface area contributed by atoms with Crippen LogP contribution in [0.5, 0.6) is 0 Å². The van der Waals surface area contributed by atoms with Crippen molar-refractivity contribution in [2.75, 3.05) is 6.61 Å². The minimum Gasteiger partial charge on any atom is -0.477 e. The molecule has 0 saturated heterocycles. The normalized spacial score (nSPS) is 11.3. The molecule has 0 bridgehead atoms. The number of amides is 1. The highest BCUT2D eigenvalue weighted by atomic mass is 35.5. The summed E-state index contributed by atoms with van der Waals surface area (Å²) in [6, 6.07) is 6.98. The van der Waals surface area contributed by atoms with E-state index >= 15 is 0 Å². The zero-order valence-electron chi connectivity index (χ0n) is 8.66. The Labute approximate surface area is 93.7 Å². The molecule has 4 heteroatoms. The van der Waals surface area contributed by atoms with Crippen LogP contribution in [-0.2, 0) is 9.53 Å². The largest absolute Gasteiger partial charge is 0.477 e. The summed E-state index contributed by atoms with van der Waals surface area (Å²) >= 11 is 5.75. The predicted molar refractivity (Wildman–Crippen MR) is 60.3 cm³/mol. The summed E-state index contributed by atoms with van der Waals surface area (Å²) in [7, 11) is 0. The molecule has 0 fully saturated rings. The zero-order chi connectivity index (χ0) is 11.3. The number of benzene rings is 1. The molecule has 15 heavy (non-hydrogen) atoms. The lowest BCUT2D eigenvalue weighted by Crippen LogP contribution is -2.08. The van der Waals surface area contributed by atoms with Crippen molar-refractivity contribution in [1.29, 1.82) is 0 Å². The van der Waals surface area contributed by atoms with Gasteiger partial charge >= 0.3 is 0 Å². The Morgan fingerprint density at radius 2 is 2.00 bits per heavy atom. The summed E-state index contributed by atoms with van der Waals surface area (Å²) in [6.07, 6.45) is 0. The zero-order valence-corrected chi connectivity index (χ0v) is 9.41. The molecule has 1 aromatic carbocycles. The highest BCUT2D eigenvalue weighted by Gasteiger charge is 2.05. The Morgan fingerprint density at radius 1 is 1.40 bits per heavy atom. The fraction of sp³-hybridized carbons (Fsp3) is 0.273. The van der Waals surface area contributed by atoms with E-state index in [1.54, 1.807) is 24.3 Å². The molecule has 0 spiro atoms. The van der Waals surface area contributed by atoms with Crippen molar-refractivity contribution in [3.05, 3.63) is 34.9 Å². The molecule has 3 nitrogen and oxygen atoms in total. The van der Waals surface area contributed by atoms with Gasteiger partial charge in [-0.2, -0.15) is 4.99 Å². The number of rotatable bonds is 2. The molecule has 0 N–H and O–H groups in total. The van der Waals surface area contributed by atoms with Crippen molar-refractivity contribution >= 4 is 23.4 Å². The molecule has 1 amide bonds. The van der Waals surface area contributed by atoms with E-state index in [2.05, 4.69) is 4.99 Å². The number of carbonyl (C=O) groups is 1. The van der Waals surface area contributed by atoms with Crippen molar-refractivity contribution in [1.82, 2.24) is 0 Å². The quantitative estimate of drug-likeness (QED) is 0.573. The summed E-state index contributed by atoms with van der Waals surface area (Å²) in [5.74, 6) is 0.0510. The molecular formula is C11H12ClNO2. The predicted octanol–water partition coefficient (Wildman–Crippen LogP) is 2.67. The van der Waals surface area contributed by atoms with Crippen LogP contribution >= 0.6 is 11.6 Å². The topological polar surface area (TPSA) is 38.7 Å². The Kier molecular flexibility index (Phi) is 4.31. The Balaban J connectivity index is 2.99. The average Bonchev–Trinajstić information content (AvgIpc) is 2.17. The number of hydrogen-bond acceptors (Lipinski definition) is 2. The first-order valence-electron chi connectivity index (χ1n) is 4.61. The molecule has 0 saturated carbocycles. The van der Waals surface area contributed by atoms with Gasteiger partial charge < -0.3 is 4.74 Å². The van der Waals surface area contributed by atoms with Gasteiger partial charge in [-0.3, -0.25) is 4.79 Å². The molecule has 80 valence electrons. The first-order valence-corrected chi connectivity index (χ1v) is 4.99. The second kappa shape index (κ2) is 5.51. The van der Waals surface area contributed by atoms with E-state index < -0.39 is 0 Å². The summed E-state index contributed by atoms with van der Waals surface area (Å²) in [4.78, 5) is 14.7. The van der Waals surface area contributed by atoms with Gasteiger partial charge in [-0.15, -0.1) is 0 Å². The maximum absolute atomic E-state index is 10.9. The molecule has 0 aliphatic rings. The Morgan fingerprint density at radius 3 is 2.47 bits per heavy atom.